The quantitative estimate of drug-likeness (QED) is 0.827. The molecule has 6 heteroatoms. The van der Waals surface area contributed by atoms with Crippen LogP contribution in [0.4, 0.5) is 5.69 Å². The number of nitrogens with zero attached hydrogens (tertiary/aromatic N) is 1. The number of hydrogen-bond acceptors (Lipinski definition) is 3. The van der Waals surface area contributed by atoms with Crippen molar-refractivity contribution in [2.75, 3.05) is 18.1 Å². The van der Waals surface area contributed by atoms with Crippen LogP contribution in [-0.2, 0) is 9.59 Å². The number of aliphatic hydroxyl groups excluding tert-OH is 1. The van der Waals surface area contributed by atoms with Gasteiger partial charge in [0.2, 0.25) is 11.8 Å². The Morgan fingerprint density at radius 3 is 2.57 bits per heavy atom. The molecule has 124 valence electrons. The number of hydrogen-bond donors (Lipinski definition) is 2. The van der Waals surface area contributed by atoms with Crippen LogP contribution in [0.1, 0.15) is 32.1 Å². The summed E-state index contributed by atoms with van der Waals surface area (Å²) >= 11 is 5.87. The van der Waals surface area contributed by atoms with Crippen LogP contribution < -0.4 is 10.2 Å². The van der Waals surface area contributed by atoms with E-state index in [2.05, 4.69) is 5.32 Å². The highest BCUT2D eigenvalue weighted by Gasteiger charge is 2.42. The normalized spacial score (nSPS) is 23.3. The molecule has 3 rings (SSSR count). The second kappa shape index (κ2) is 6.49. The number of rotatable bonds is 4. The Labute approximate surface area is 140 Å². The van der Waals surface area contributed by atoms with Crippen LogP contribution in [0.5, 0.6) is 0 Å². The summed E-state index contributed by atoms with van der Waals surface area (Å²) in [6, 6.07) is 7.03. The lowest BCUT2D eigenvalue weighted by molar-refractivity contribution is -0.133. The Morgan fingerprint density at radius 1 is 1.30 bits per heavy atom. The largest absolute Gasteiger partial charge is 0.394 e. The summed E-state index contributed by atoms with van der Waals surface area (Å²) in [6.07, 6.45) is 4.04. The Morgan fingerprint density at radius 2 is 1.96 bits per heavy atom. The molecule has 1 unspecified atom stereocenters. The molecule has 2 N–H and O–H groups in total. The first kappa shape index (κ1) is 16.3. The van der Waals surface area contributed by atoms with Crippen molar-refractivity contribution in [3.8, 4) is 0 Å². The molecule has 1 aliphatic heterocycles. The van der Waals surface area contributed by atoms with Gasteiger partial charge in [0.25, 0.3) is 0 Å². The molecule has 0 aromatic heterocycles. The van der Waals surface area contributed by atoms with Crippen molar-refractivity contribution in [2.45, 2.75) is 37.6 Å². The molecule has 0 radical (unpaired) electrons. The van der Waals surface area contributed by atoms with E-state index in [4.69, 9.17) is 11.6 Å². The zero-order valence-electron chi connectivity index (χ0n) is 12.9. The summed E-state index contributed by atoms with van der Waals surface area (Å²) in [5.74, 6) is -1.12. The van der Waals surface area contributed by atoms with Gasteiger partial charge in [0.15, 0.2) is 0 Å². The molecule has 2 fully saturated rings. The van der Waals surface area contributed by atoms with Crippen LogP contribution in [0.15, 0.2) is 24.3 Å². The van der Waals surface area contributed by atoms with Crippen molar-refractivity contribution in [2.24, 2.45) is 5.92 Å². The van der Waals surface area contributed by atoms with E-state index in [1.165, 1.54) is 0 Å². The standard InChI is InChI=1S/C17H21ClN2O3/c18-12-3-5-13(6-4-12)20-10-7-14(16(20)23)15(22)19-17(11-21)8-1-2-9-17/h3-6,14,21H,1-2,7-11H2,(H,19,22). The van der Waals surface area contributed by atoms with E-state index >= 15 is 0 Å². The minimum absolute atomic E-state index is 0.0689. The second-order valence-corrected chi connectivity index (χ2v) is 6.88. The van der Waals surface area contributed by atoms with E-state index in [0.717, 1.165) is 31.4 Å². The molecule has 1 aromatic carbocycles. The van der Waals surface area contributed by atoms with Crippen LogP contribution >= 0.6 is 11.6 Å². The summed E-state index contributed by atoms with van der Waals surface area (Å²) in [7, 11) is 0. The van der Waals surface area contributed by atoms with E-state index < -0.39 is 11.5 Å². The van der Waals surface area contributed by atoms with E-state index in [0.29, 0.717) is 18.0 Å². The Bertz CT molecular complexity index is 596. The molecule has 5 nitrogen and oxygen atoms in total. The lowest BCUT2D eigenvalue weighted by Gasteiger charge is -2.29. The van der Waals surface area contributed by atoms with Crippen LogP contribution in [0.3, 0.4) is 0 Å². The number of halogens is 1. The average molecular weight is 337 g/mol. The molecule has 0 bridgehead atoms. The first-order chi connectivity index (χ1) is 11.0. The number of nitrogens with one attached hydrogen (secondary N) is 1. The lowest BCUT2D eigenvalue weighted by atomic mass is 9.96. The van der Waals surface area contributed by atoms with Gasteiger partial charge in [-0.05, 0) is 43.5 Å². The fraction of sp³-hybridized carbons (Fsp3) is 0.529. The van der Waals surface area contributed by atoms with Gasteiger partial charge in [-0.2, -0.15) is 0 Å². The summed E-state index contributed by atoms with van der Waals surface area (Å²) in [5.41, 5.74) is 0.220. The van der Waals surface area contributed by atoms with Crippen LogP contribution in [-0.4, -0.2) is 35.6 Å². The molecular weight excluding hydrogens is 316 g/mol. The number of carbonyl (C=O) groups is 2. The van der Waals surface area contributed by atoms with E-state index in [1.807, 2.05) is 0 Å². The lowest BCUT2D eigenvalue weighted by Crippen LogP contribution is -2.52. The summed E-state index contributed by atoms with van der Waals surface area (Å²) < 4.78 is 0. The molecule has 1 saturated heterocycles. The molecule has 0 spiro atoms. The third kappa shape index (κ3) is 3.21. The maximum atomic E-state index is 12.6. The van der Waals surface area contributed by atoms with Gasteiger partial charge in [-0.25, -0.2) is 0 Å². The smallest absolute Gasteiger partial charge is 0.239 e. The summed E-state index contributed by atoms with van der Waals surface area (Å²) in [6.45, 7) is 0.450. The van der Waals surface area contributed by atoms with Gasteiger partial charge in [0.1, 0.15) is 5.92 Å². The van der Waals surface area contributed by atoms with Crippen LogP contribution in [0, 0.1) is 5.92 Å². The number of carbonyl (C=O) groups excluding carboxylic acids is 2. The topological polar surface area (TPSA) is 69.6 Å². The van der Waals surface area contributed by atoms with E-state index in [-0.39, 0.29) is 18.4 Å². The van der Waals surface area contributed by atoms with Gasteiger partial charge in [0.05, 0.1) is 12.1 Å². The highest BCUT2D eigenvalue weighted by Crippen LogP contribution is 2.31. The van der Waals surface area contributed by atoms with Crippen molar-refractivity contribution in [1.82, 2.24) is 5.32 Å². The van der Waals surface area contributed by atoms with E-state index in [9.17, 15) is 14.7 Å². The molecule has 2 amide bonds. The highest BCUT2D eigenvalue weighted by atomic mass is 35.5. The molecule has 2 aliphatic rings. The maximum Gasteiger partial charge on any atom is 0.239 e. The van der Waals surface area contributed by atoms with Gasteiger partial charge in [0, 0.05) is 17.3 Å². The molecular formula is C17H21ClN2O3. The zero-order chi connectivity index (χ0) is 16.4. The van der Waals surface area contributed by atoms with Crippen molar-refractivity contribution < 1.29 is 14.7 Å². The molecule has 1 aliphatic carbocycles. The predicted octanol–water partition coefficient (Wildman–Crippen LogP) is 2.11. The minimum atomic E-state index is -0.672. The minimum Gasteiger partial charge on any atom is -0.394 e. The molecule has 1 aromatic rings. The van der Waals surface area contributed by atoms with Crippen molar-refractivity contribution >= 4 is 29.1 Å². The van der Waals surface area contributed by atoms with Gasteiger partial charge in [-0.3, -0.25) is 9.59 Å². The number of amides is 2. The average Bonchev–Trinajstić information content (AvgIpc) is 3.16. The Hall–Kier alpha value is -1.59. The highest BCUT2D eigenvalue weighted by molar-refractivity contribution is 6.30. The molecule has 1 heterocycles. The third-order valence-electron chi connectivity index (χ3n) is 4.91. The van der Waals surface area contributed by atoms with E-state index in [1.54, 1.807) is 29.2 Å². The van der Waals surface area contributed by atoms with Gasteiger partial charge in [-0.15, -0.1) is 0 Å². The van der Waals surface area contributed by atoms with Crippen molar-refractivity contribution in [1.29, 1.82) is 0 Å². The van der Waals surface area contributed by atoms with Crippen LogP contribution in [0.2, 0.25) is 5.02 Å². The van der Waals surface area contributed by atoms with Gasteiger partial charge >= 0.3 is 0 Å². The summed E-state index contributed by atoms with van der Waals surface area (Å²) in [5, 5.41) is 13.2. The Kier molecular flexibility index (Phi) is 4.60. The van der Waals surface area contributed by atoms with Crippen molar-refractivity contribution in [3.63, 3.8) is 0 Å². The van der Waals surface area contributed by atoms with Gasteiger partial charge in [-0.1, -0.05) is 24.4 Å². The first-order valence-electron chi connectivity index (χ1n) is 8.04. The molecule has 23 heavy (non-hydrogen) atoms. The third-order valence-corrected chi connectivity index (χ3v) is 5.16. The number of anilines is 1. The zero-order valence-corrected chi connectivity index (χ0v) is 13.7. The maximum absolute atomic E-state index is 12.6. The van der Waals surface area contributed by atoms with Gasteiger partial charge < -0.3 is 15.3 Å². The van der Waals surface area contributed by atoms with Crippen molar-refractivity contribution in [3.05, 3.63) is 29.3 Å². The fourth-order valence-electron chi connectivity index (χ4n) is 3.52. The Balaban J connectivity index is 1.68. The first-order valence-corrected chi connectivity index (χ1v) is 8.42. The monoisotopic (exact) mass is 336 g/mol. The molecule has 1 atom stereocenters. The SMILES string of the molecule is O=C(NC1(CO)CCCC1)C1CCN(c2ccc(Cl)cc2)C1=O. The summed E-state index contributed by atoms with van der Waals surface area (Å²) in [4.78, 5) is 26.7. The molecule has 1 saturated carbocycles. The van der Waals surface area contributed by atoms with Crippen LogP contribution in [0.25, 0.3) is 0 Å². The predicted molar refractivity (Wildman–Crippen MR) is 88.3 cm³/mol. The fourth-order valence-corrected chi connectivity index (χ4v) is 3.65. The number of aliphatic hydroxyl groups is 1. The number of benzene rings is 1. The second-order valence-electron chi connectivity index (χ2n) is 6.44.